The number of halogens is 1. The van der Waals surface area contributed by atoms with Gasteiger partial charge in [0.2, 0.25) is 5.16 Å². The van der Waals surface area contributed by atoms with Crippen LogP contribution < -0.4 is 0 Å². The summed E-state index contributed by atoms with van der Waals surface area (Å²) in [5.74, 6) is 0.695. The average molecular weight is 390 g/mol. The van der Waals surface area contributed by atoms with E-state index in [1.54, 1.807) is 0 Å². The molecule has 3 aromatic carbocycles. The van der Waals surface area contributed by atoms with Gasteiger partial charge in [-0.25, -0.2) is 4.98 Å². The molecule has 5 heteroatoms. The quantitative estimate of drug-likeness (QED) is 0.383. The van der Waals surface area contributed by atoms with Crippen molar-refractivity contribution in [3.63, 3.8) is 0 Å². The van der Waals surface area contributed by atoms with Gasteiger partial charge in [-0.1, -0.05) is 102 Å². The predicted molar refractivity (Wildman–Crippen MR) is 112 cm³/mol. The molecule has 132 valence electrons. The molecule has 0 aliphatic carbocycles. The van der Waals surface area contributed by atoms with Gasteiger partial charge in [-0.05, 0) is 11.6 Å². The topological polar surface area (TPSA) is 38.7 Å². The number of nitrogens with zero attached hydrogens (tertiary/aromatic N) is 3. The molecule has 1 heterocycles. The molecule has 0 amide bonds. The summed E-state index contributed by atoms with van der Waals surface area (Å²) in [5.41, 5.74) is 4.69. The van der Waals surface area contributed by atoms with Gasteiger partial charge in [0, 0.05) is 21.9 Å². The highest BCUT2D eigenvalue weighted by molar-refractivity contribution is 7.98. The summed E-state index contributed by atoms with van der Waals surface area (Å²) in [4.78, 5) is 4.81. The van der Waals surface area contributed by atoms with E-state index in [2.05, 4.69) is 10.2 Å². The maximum atomic E-state index is 6.25. The second kappa shape index (κ2) is 8.33. The van der Waals surface area contributed by atoms with Crippen molar-refractivity contribution < 1.29 is 0 Å². The zero-order valence-electron chi connectivity index (χ0n) is 14.4. The fourth-order valence-electron chi connectivity index (χ4n) is 2.72. The lowest BCUT2D eigenvalue weighted by Gasteiger charge is -2.09. The number of thioether (sulfide) groups is 1. The Hall–Kier alpha value is -2.69. The highest BCUT2D eigenvalue weighted by Gasteiger charge is 2.14. The van der Waals surface area contributed by atoms with E-state index >= 15 is 0 Å². The third-order valence-corrected chi connectivity index (χ3v) is 5.33. The van der Waals surface area contributed by atoms with Crippen molar-refractivity contribution in [2.75, 3.05) is 0 Å². The highest BCUT2D eigenvalue weighted by Crippen LogP contribution is 2.31. The Kier molecular flexibility index (Phi) is 5.47. The average Bonchev–Trinajstić information content (AvgIpc) is 2.74. The van der Waals surface area contributed by atoms with Gasteiger partial charge < -0.3 is 0 Å². The Bertz CT molecular complexity index is 1040. The third kappa shape index (κ3) is 4.18. The fourth-order valence-corrected chi connectivity index (χ4v) is 3.79. The maximum Gasteiger partial charge on any atom is 0.210 e. The SMILES string of the molecule is Clc1ccccc1CSc1nnc(-c2ccccc2)c(-c2ccccc2)n1. The van der Waals surface area contributed by atoms with E-state index < -0.39 is 0 Å². The van der Waals surface area contributed by atoms with Crippen molar-refractivity contribution in [3.8, 4) is 22.5 Å². The molecule has 0 radical (unpaired) electrons. The van der Waals surface area contributed by atoms with Crippen LogP contribution in [0.25, 0.3) is 22.5 Å². The van der Waals surface area contributed by atoms with E-state index in [0.717, 1.165) is 33.1 Å². The van der Waals surface area contributed by atoms with Gasteiger partial charge in [0.25, 0.3) is 0 Å². The lowest BCUT2D eigenvalue weighted by atomic mass is 10.0. The maximum absolute atomic E-state index is 6.25. The summed E-state index contributed by atoms with van der Waals surface area (Å²) in [6.07, 6.45) is 0. The minimum Gasteiger partial charge on any atom is -0.219 e. The fraction of sp³-hybridized carbons (Fsp3) is 0.0455. The van der Waals surface area contributed by atoms with E-state index in [4.69, 9.17) is 16.6 Å². The minimum atomic E-state index is 0.633. The van der Waals surface area contributed by atoms with Crippen molar-refractivity contribution in [2.45, 2.75) is 10.9 Å². The molecule has 0 unspecified atom stereocenters. The summed E-state index contributed by atoms with van der Waals surface area (Å²) in [6, 6.07) is 27.9. The second-order valence-corrected chi connectivity index (χ2v) is 7.25. The van der Waals surface area contributed by atoms with E-state index in [1.807, 2.05) is 84.9 Å². The van der Waals surface area contributed by atoms with Crippen molar-refractivity contribution >= 4 is 23.4 Å². The largest absolute Gasteiger partial charge is 0.219 e. The zero-order valence-corrected chi connectivity index (χ0v) is 16.0. The Balaban J connectivity index is 1.70. The van der Waals surface area contributed by atoms with Crippen LogP contribution in [0.3, 0.4) is 0 Å². The molecule has 0 saturated heterocycles. The molecule has 0 N–H and O–H groups in total. The number of benzene rings is 3. The molecule has 3 nitrogen and oxygen atoms in total. The molecule has 1 aromatic heterocycles. The monoisotopic (exact) mass is 389 g/mol. The van der Waals surface area contributed by atoms with Crippen LogP contribution in [0.2, 0.25) is 5.02 Å². The van der Waals surface area contributed by atoms with Crippen LogP contribution in [-0.2, 0) is 5.75 Å². The van der Waals surface area contributed by atoms with E-state index in [-0.39, 0.29) is 0 Å². The summed E-state index contributed by atoms with van der Waals surface area (Å²) in [7, 11) is 0. The molecule has 0 saturated carbocycles. The summed E-state index contributed by atoms with van der Waals surface area (Å²) in [5, 5.41) is 10.2. The molecule has 4 rings (SSSR count). The van der Waals surface area contributed by atoms with Gasteiger partial charge in [0.05, 0.1) is 0 Å². The lowest BCUT2D eigenvalue weighted by molar-refractivity contribution is 0.850. The zero-order chi connectivity index (χ0) is 18.5. The summed E-state index contributed by atoms with van der Waals surface area (Å²) >= 11 is 7.78. The summed E-state index contributed by atoms with van der Waals surface area (Å²) < 4.78 is 0. The van der Waals surface area contributed by atoms with Crippen LogP contribution in [0.15, 0.2) is 90.1 Å². The number of rotatable bonds is 5. The van der Waals surface area contributed by atoms with E-state index in [1.165, 1.54) is 11.8 Å². The number of hydrogen-bond acceptors (Lipinski definition) is 4. The highest BCUT2D eigenvalue weighted by atomic mass is 35.5. The first kappa shape index (κ1) is 17.7. The normalized spacial score (nSPS) is 10.7. The minimum absolute atomic E-state index is 0.633. The van der Waals surface area contributed by atoms with Gasteiger partial charge in [-0.2, -0.15) is 0 Å². The summed E-state index contributed by atoms with van der Waals surface area (Å²) in [6.45, 7) is 0. The van der Waals surface area contributed by atoms with Crippen molar-refractivity contribution in [3.05, 3.63) is 95.5 Å². The molecule has 0 aliphatic heterocycles. The predicted octanol–water partition coefficient (Wildman–Crippen LogP) is 6.15. The molecule has 27 heavy (non-hydrogen) atoms. The second-order valence-electron chi connectivity index (χ2n) is 5.90. The first-order chi connectivity index (χ1) is 13.3. The van der Waals surface area contributed by atoms with Crippen LogP contribution in [0.1, 0.15) is 5.56 Å². The first-order valence-electron chi connectivity index (χ1n) is 8.53. The van der Waals surface area contributed by atoms with Crippen LogP contribution in [0.4, 0.5) is 0 Å². The van der Waals surface area contributed by atoms with Gasteiger partial charge >= 0.3 is 0 Å². The van der Waals surface area contributed by atoms with Crippen molar-refractivity contribution in [2.24, 2.45) is 0 Å². The molecule has 0 spiro atoms. The molecule has 4 aromatic rings. The third-order valence-electron chi connectivity index (χ3n) is 4.08. The molecule has 0 aliphatic rings. The molecule has 0 fully saturated rings. The molecular formula is C22H16ClN3S. The van der Waals surface area contributed by atoms with Gasteiger partial charge in [-0.3, -0.25) is 0 Å². The molecule has 0 bridgehead atoms. The Labute approximate surface area is 167 Å². The van der Waals surface area contributed by atoms with Crippen LogP contribution in [0, 0.1) is 0 Å². The Morgan fingerprint density at radius 2 is 1.26 bits per heavy atom. The Morgan fingerprint density at radius 3 is 1.93 bits per heavy atom. The lowest BCUT2D eigenvalue weighted by Crippen LogP contribution is -1.99. The van der Waals surface area contributed by atoms with Crippen molar-refractivity contribution in [1.29, 1.82) is 0 Å². The van der Waals surface area contributed by atoms with Crippen LogP contribution >= 0.6 is 23.4 Å². The standard InChI is InChI=1S/C22H16ClN3S/c23-19-14-8-7-13-18(19)15-27-22-24-20(16-9-3-1-4-10-16)21(25-26-22)17-11-5-2-6-12-17/h1-14H,15H2. The molecular weight excluding hydrogens is 374 g/mol. The number of aromatic nitrogens is 3. The van der Waals surface area contributed by atoms with Crippen LogP contribution in [-0.4, -0.2) is 15.2 Å². The van der Waals surface area contributed by atoms with Crippen molar-refractivity contribution in [1.82, 2.24) is 15.2 Å². The first-order valence-corrected chi connectivity index (χ1v) is 9.89. The van der Waals surface area contributed by atoms with E-state index in [9.17, 15) is 0 Å². The number of hydrogen-bond donors (Lipinski definition) is 0. The smallest absolute Gasteiger partial charge is 0.210 e. The van der Waals surface area contributed by atoms with Gasteiger partial charge in [0.15, 0.2) is 0 Å². The molecule has 0 atom stereocenters. The van der Waals surface area contributed by atoms with Gasteiger partial charge in [0.1, 0.15) is 11.4 Å². The Morgan fingerprint density at radius 1 is 0.667 bits per heavy atom. The van der Waals surface area contributed by atoms with Crippen LogP contribution in [0.5, 0.6) is 0 Å². The van der Waals surface area contributed by atoms with E-state index in [0.29, 0.717) is 10.9 Å². The van der Waals surface area contributed by atoms with Gasteiger partial charge in [-0.15, -0.1) is 10.2 Å².